The molecule has 0 aliphatic heterocycles. The number of carboxylic acid groups (broad SMARTS) is 1. The summed E-state index contributed by atoms with van der Waals surface area (Å²) in [5.74, 6) is -0.264. The lowest BCUT2D eigenvalue weighted by atomic mass is 9.97. The topological polar surface area (TPSA) is 59.4 Å². The molecule has 0 amide bonds. The van der Waals surface area contributed by atoms with Crippen LogP contribution < -0.4 is 4.74 Å². The third kappa shape index (κ3) is 5.06. The Labute approximate surface area is 181 Å². The molecule has 0 fully saturated rings. The summed E-state index contributed by atoms with van der Waals surface area (Å²) in [7, 11) is 0. The summed E-state index contributed by atoms with van der Waals surface area (Å²) in [5, 5.41) is 8.98. The minimum Gasteiger partial charge on any atom is -0.487 e. The molecule has 31 heavy (non-hydrogen) atoms. The zero-order valence-corrected chi connectivity index (χ0v) is 16.8. The van der Waals surface area contributed by atoms with Gasteiger partial charge in [-0.25, -0.2) is 4.79 Å². The molecule has 0 atom stereocenters. The molecule has 0 aliphatic carbocycles. The van der Waals surface area contributed by atoms with E-state index in [9.17, 15) is 4.79 Å². The van der Waals surface area contributed by atoms with Crippen LogP contribution in [0.15, 0.2) is 103 Å². The van der Waals surface area contributed by atoms with Gasteiger partial charge in [-0.1, -0.05) is 72.8 Å². The maximum absolute atomic E-state index is 11.0. The molecular formula is C27H21NO3. The van der Waals surface area contributed by atoms with Gasteiger partial charge < -0.3 is 9.84 Å². The summed E-state index contributed by atoms with van der Waals surface area (Å²) in [6, 6.07) is 29.5. The van der Waals surface area contributed by atoms with Gasteiger partial charge in [0.25, 0.3) is 0 Å². The van der Waals surface area contributed by atoms with Crippen molar-refractivity contribution in [2.45, 2.75) is 6.61 Å². The number of hydrogen-bond donors (Lipinski definition) is 1. The third-order valence-corrected chi connectivity index (χ3v) is 4.82. The number of carboxylic acids is 1. The first-order chi connectivity index (χ1) is 15.2. The highest BCUT2D eigenvalue weighted by Crippen LogP contribution is 2.32. The van der Waals surface area contributed by atoms with Crippen LogP contribution in [0.25, 0.3) is 28.5 Å². The van der Waals surface area contributed by atoms with Crippen molar-refractivity contribution in [1.29, 1.82) is 0 Å². The number of ether oxygens (including phenoxy) is 1. The summed E-state index contributed by atoms with van der Waals surface area (Å²) in [5.41, 5.74) is 5.54. The molecule has 0 saturated carbocycles. The predicted molar refractivity (Wildman–Crippen MR) is 123 cm³/mol. The number of aliphatic carboxylic acids is 1. The van der Waals surface area contributed by atoms with Gasteiger partial charge in [-0.05, 0) is 46.5 Å². The first kappa shape index (κ1) is 20.1. The van der Waals surface area contributed by atoms with E-state index in [2.05, 4.69) is 4.98 Å². The van der Waals surface area contributed by atoms with Crippen LogP contribution >= 0.6 is 0 Å². The highest BCUT2D eigenvalue weighted by Gasteiger charge is 2.10. The molecule has 1 heterocycles. The molecule has 152 valence electrons. The smallest absolute Gasteiger partial charge is 0.328 e. The fourth-order valence-corrected chi connectivity index (χ4v) is 3.36. The Morgan fingerprint density at radius 2 is 1.65 bits per heavy atom. The number of benzene rings is 3. The van der Waals surface area contributed by atoms with E-state index in [4.69, 9.17) is 9.84 Å². The normalized spacial score (nSPS) is 10.8. The minimum absolute atomic E-state index is 0.460. The molecule has 3 aromatic carbocycles. The van der Waals surface area contributed by atoms with Gasteiger partial charge in [0.2, 0.25) is 0 Å². The highest BCUT2D eigenvalue weighted by molar-refractivity contribution is 5.88. The van der Waals surface area contributed by atoms with Crippen LogP contribution in [0.3, 0.4) is 0 Å². The first-order valence-electron chi connectivity index (χ1n) is 9.93. The Hall–Kier alpha value is -4.18. The van der Waals surface area contributed by atoms with Crippen molar-refractivity contribution in [3.05, 3.63) is 114 Å². The van der Waals surface area contributed by atoms with Gasteiger partial charge >= 0.3 is 5.97 Å². The second-order valence-electron chi connectivity index (χ2n) is 6.96. The van der Waals surface area contributed by atoms with Gasteiger partial charge in [0.1, 0.15) is 18.1 Å². The molecule has 4 heteroatoms. The number of hydrogen-bond acceptors (Lipinski definition) is 3. The summed E-state index contributed by atoms with van der Waals surface area (Å²) >= 11 is 0. The maximum Gasteiger partial charge on any atom is 0.328 e. The molecule has 4 nitrogen and oxygen atoms in total. The van der Waals surface area contributed by atoms with Gasteiger partial charge in [-0.15, -0.1) is 0 Å². The van der Waals surface area contributed by atoms with Gasteiger partial charge in [-0.2, -0.15) is 0 Å². The van der Waals surface area contributed by atoms with Crippen molar-refractivity contribution < 1.29 is 14.6 Å². The predicted octanol–water partition coefficient (Wildman–Crippen LogP) is 6.09. The van der Waals surface area contributed by atoms with Crippen molar-refractivity contribution in [1.82, 2.24) is 4.98 Å². The standard InChI is InChI=1S/C27H21NO3/c29-26(30)16-15-21-10-4-5-13-24(21)22-11-6-12-23(18-22)27-25(14-7-17-28-27)31-19-20-8-2-1-3-9-20/h1-18H,19H2,(H,29,30)/b16-15-. The van der Waals surface area contributed by atoms with Gasteiger partial charge in [-0.3, -0.25) is 4.98 Å². The monoisotopic (exact) mass is 407 g/mol. The maximum atomic E-state index is 11.0. The van der Waals surface area contributed by atoms with E-state index in [0.717, 1.165) is 39.6 Å². The molecule has 1 N–H and O–H groups in total. The first-order valence-corrected chi connectivity index (χ1v) is 9.93. The zero-order valence-electron chi connectivity index (χ0n) is 16.8. The van der Waals surface area contributed by atoms with Gasteiger partial charge in [0.15, 0.2) is 0 Å². The van der Waals surface area contributed by atoms with Crippen LogP contribution in [0.5, 0.6) is 5.75 Å². The van der Waals surface area contributed by atoms with Crippen molar-refractivity contribution >= 4 is 12.0 Å². The number of nitrogens with zero attached hydrogens (tertiary/aromatic N) is 1. The summed E-state index contributed by atoms with van der Waals surface area (Å²) in [6.07, 6.45) is 4.51. The molecule has 1 aromatic heterocycles. The second kappa shape index (κ2) is 9.55. The van der Waals surface area contributed by atoms with E-state index >= 15 is 0 Å². The molecule has 0 saturated heterocycles. The number of pyridine rings is 1. The Morgan fingerprint density at radius 1 is 0.871 bits per heavy atom. The van der Waals surface area contributed by atoms with Crippen LogP contribution in [0, 0.1) is 0 Å². The Balaban J connectivity index is 1.67. The van der Waals surface area contributed by atoms with E-state index in [1.165, 1.54) is 0 Å². The van der Waals surface area contributed by atoms with Crippen molar-refractivity contribution in [3.8, 4) is 28.1 Å². The van der Waals surface area contributed by atoms with Crippen LogP contribution in [-0.2, 0) is 11.4 Å². The fourth-order valence-electron chi connectivity index (χ4n) is 3.36. The summed E-state index contributed by atoms with van der Waals surface area (Å²) in [4.78, 5) is 15.5. The molecular weight excluding hydrogens is 386 g/mol. The Morgan fingerprint density at radius 3 is 2.48 bits per heavy atom. The summed E-state index contributed by atoms with van der Waals surface area (Å²) < 4.78 is 6.07. The third-order valence-electron chi connectivity index (χ3n) is 4.82. The average Bonchev–Trinajstić information content (AvgIpc) is 2.82. The second-order valence-corrected chi connectivity index (χ2v) is 6.96. The molecule has 4 aromatic rings. The van der Waals surface area contributed by atoms with E-state index in [1.54, 1.807) is 12.3 Å². The fraction of sp³-hybridized carbons (Fsp3) is 0.0370. The van der Waals surface area contributed by atoms with Crippen molar-refractivity contribution in [2.75, 3.05) is 0 Å². The average molecular weight is 407 g/mol. The quantitative estimate of drug-likeness (QED) is 0.377. The summed E-state index contributed by atoms with van der Waals surface area (Å²) in [6.45, 7) is 0.460. The lowest BCUT2D eigenvalue weighted by molar-refractivity contribution is -0.131. The SMILES string of the molecule is O=C(O)/C=C\c1ccccc1-c1cccc(-c2ncccc2OCc2ccccc2)c1. The van der Waals surface area contributed by atoms with E-state index < -0.39 is 5.97 Å². The molecule has 0 radical (unpaired) electrons. The van der Waals surface area contributed by atoms with Crippen LogP contribution in [-0.4, -0.2) is 16.1 Å². The minimum atomic E-state index is -0.975. The van der Waals surface area contributed by atoms with E-state index in [0.29, 0.717) is 12.4 Å². The number of aromatic nitrogens is 1. The van der Waals surface area contributed by atoms with Crippen LogP contribution in [0.4, 0.5) is 0 Å². The molecule has 0 unspecified atom stereocenters. The Bertz CT molecular complexity index is 1220. The van der Waals surface area contributed by atoms with Crippen molar-refractivity contribution in [2.24, 2.45) is 0 Å². The van der Waals surface area contributed by atoms with E-state index in [-0.39, 0.29) is 0 Å². The van der Waals surface area contributed by atoms with Crippen LogP contribution in [0.2, 0.25) is 0 Å². The number of rotatable bonds is 7. The van der Waals surface area contributed by atoms with Gasteiger partial charge in [0.05, 0.1) is 0 Å². The van der Waals surface area contributed by atoms with E-state index in [1.807, 2.05) is 91.0 Å². The van der Waals surface area contributed by atoms with Crippen molar-refractivity contribution in [3.63, 3.8) is 0 Å². The lowest BCUT2D eigenvalue weighted by Gasteiger charge is -2.12. The van der Waals surface area contributed by atoms with Crippen LogP contribution in [0.1, 0.15) is 11.1 Å². The largest absolute Gasteiger partial charge is 0.487 e. The molecule has 0 bridgehead atoms. The number of carbonyl (C=O) groups is 1. The Kier molecular flexibility index (Phi) is 6.19. The molecule has 0 spiro atoms. The molecule has 0 aliphatic rings. The van der Waals surface area contributed by atoms with Gasteiger partial charge in [0, 0.05) is 17.8 Å². The zero-order chi connectivity index (χ0) is 21.5. The highest BCUT2D eigenvalue weighted by atomic mass is 16.5. The lowest BCUT2D eigenvalue weighted by Crippen LogP contribution is -1.98. The molecule has 4 rings (SSSR count).